The van der Waals surface area contributed by atoms with Gasteiger partial charge in [-0.3, -0.25) is 14.4 Å². The summed E-state index contributed by atoms with van der Waals surface area (Å²) in [4.78, 5) is 25.3. The number of nitrogens with one attached hydrogen (secondary N) is 2. The smallest absolute Gasteiger partial charge is 0.335 e. The van der Waals surface area contributed by atoms with E-state index >= 15 is 0 Å². The number of hydrogen-bond acceptors (Lipinski definition) is 7. The van der Waals surface area contributed by atoms with Crippen LogP contribution in [-0.4, -0.2) is 67.4 Å². The second kappa shape index (κ2) is 8.38. The number of aromatic carboxylic acids is 1. The van der Waals surface area contributed by atoms with Crippen molar-refractivity contribution in [2.24, 2.45) is 7.05 Å². The van der Waals surface area contributed by atoms with Crippen LogP contribution in [0.3, 0.4) is 0 Å². The van der Waals surface area contributed by atoms with Crippen LogP contribution in [0.4, 0.5) is 11.5 Å². The number of nitrogens with zero attached hydrogens (tertiary/aromatic N) is 3. The number of likely N-dealkylation sites (tertiary alicyclic amines) is 1. The molecular weight excluding hydrogens is 366 g/mol. The second-order valence-corrected chi connectivity index (χ2v) is 6.66. The average Bonchev–Trinajstić information content (AvgIpc) is 3.02. The van der Waals surface area contributed by atoms with Gasteiger partial charge in [0.25, 0.3) is 5.91 Å². The number of carbonyl (C=O) groups excluding carboxylic acids is 1. The fourth-order valence-corrected chi connectivity index (χ4v) is 3.03. The lowest BCUT2D eigenvalue weighted by Gasteiger charge is -2.33. The molecule has 150 valence electrons. The molecule has 3 rings (SSSR count). The average molecular weight is 389 g/mol. The summed E-state index contributed by atoms with van der Waals surface area (Å²) >= 11 is 0. The van der Waals surface area contributed by atoms with Crippen molar-refractivity contribution in [3.8, 4) is 0 Å². The van der Waals surface area contributed by atoms with Crippen molar-refractivity contribution in [1.29, 1.82) is 0 Å². The molecule has 1 atom stereocenters. The van der Waals surface area contributed by atoms with Gasteiger partial charge in [-0.1, -0.05) is 6.07 Å². The van der Waals surface area contributed by atoms with E-state index in [2.05, 4.69) is 15.7 Å². The minimum Gasteiger partial charge on any atom is -0.478 e. The predicted octanol–water partition coefficient (Wildman–Crippen LogP) is 0.515. The Hall–Kier alpha value is -2.95. The van der Waals surface area contributed by atoms with Gasteiger partial charge >= 0.3 is 5.97 Å². The van der Waals surface area contributed by atoms with Gasteiger partial charge in [0, 0.05) is 31.9 Å². The topological polar surface area (TPSA) is 140 Å². The van der Waals surface area contributed by atoms with E-state index in [1.165, 1.54) is 22.9 Å². The normalized spacial score (nSPS) is 16.5. The molecule has 1 aromatic heterocycles. The van der Waals surface area contributed by atoms with Crippen molar-refractivity contribution >= 4 is 23.4 Å². The van der Waals surface area contributed by atoms with Gasteiger partial charge in [0.2, 0.25) is 0 Å². The van der Waals surface area contributed by atoms with Gasteiger partial charge in [-0.05, 0) is 31.0 Å². The first kappa shape index (κ1) is 19.8. The molecule has 0 saturated carbocycles. The number of carboxylic acid groups (broad SMARTS) is 1. The number of carbonyl (C=O) groups is 2. The van der Waals surface area contributed by atoms with Crippen molar-refractivity contribution in [3.63, 3.8) is 0 Å². The van der Waals surface area contributed by atoms with Crippen LogP contribution in [0, 0.1) is 0 Å². The lowest BCUT2D eigenvalue weighted by Crippen LogP contribution is -2.46. The highest BCUT2D eigenvalue weighted by molar-refractivity contribution is 6.04. The summed E-state index contributed by atoms with van der Waals surface area (Å²) in [5.41, 5.74) is 0.664. The molecule has 2 heterocycles. The summed E-state index contributed by atoms with van der Waals surface area (Å²) in [5.74, 6) is -1.21. The van der Waals surface area contributed by atoms with Crippen molar-refractivity contribution in [3.05, 3.63) is 41.6 Å². The largest absolute Gasteiger partial charge is 0.478 e. The second-order valence-electron chi connectivity index (χ2n) is 6.66. The third-order valence-corrected chi connectivity index (χ3v) is 4.60. The number of amides is 1. The quantitative estimate of drug-likeness (QED) is 0.450. The van der Waals surface area contributed by atoms with Crippen LogP contribution >= 0.6 is 0 Å². The van der Waals surface area contributed by atoms with Crippen LogP contribution in [0.15, 0.2) is 30.3 Å². The molecule has 1 aliphatic heterocycles. The number of piperidine rings is 1. The molecule has 0 spiro atoms. The molecule has 1 unspecified atom stereocenters. The summed E-state index contributed by atoms with van der Waals surface area (Å²) in [5, 5.41) is 38.5. The molecule has 1 fully saturated rings. The van der Waals surface area contributed by atoms with Crippen LogP contribution in [0.1, 0.15) is 33.7 Å². The van der Waals surface area contributed by atoms with E-state index in [1.54, 1.807) is 24.1 Å². The maximum Gasteiger partial charge on any atom is 0.335 e. The first-order chi connectivity index (χ1) is 13.3. The Balaban J connectivity index is 1.65. The number of hydrogen-bond donors (Lipinski definition) is 5. The molecule has 10 nitrogen and oxygen atoms in total. The van der Waals surface area contributed by atoms with Crippen LogP contribution < -0.4 is 10.6 Å². The molecule has 0 aliphatic carbocycles. The highest BCUT2D eigenvalue weighted by atomic mass is 16.4. The highest BCUT2D eigenvalue weighted by Crippen LogP contribution is 2.17. The summed E-state index contributed by atoms with van der Waals surface area (Å²) in [6, 6.07) is 7.43. The number of aliphatic hydroxyl groups is 2. The van der Waals surface area contributed by atoms with E-state index in [-0.39, 0.29) is 17.4 Å². The van der Waals surface area contributed by atoms with E-state index in [0.717, 1.165) is 0 Å². The number of carboxylic acids is 1. The number of anilines is 2. The Kier molecular flexibility index (Phi) is 5.93. The molecule has 1 saturated heterocycles. The molecule has 10 heteroatoms. The molecule has 2 aromatic rings. The maximum absolute atomic E-state index is 12.5. The van der Waals surface area contributed by atoms with Crippen LogP contribution in [0.2, 0.25) is 0 Å². The zero-order valence-electron chi connectivity index (χ0n) is 15.4. The standard InChI is InChI=1S/C18H23N5O5/c1-22-14(16(25)19-12-4-2-3-11(9-12)17(26)27)10-15(21-22)20-18(28)23-7-5-13(24)6-8-23/h2-4,9-10,13,18,24,28H,5-8H2,1H3,(H,19,25)(H,20,21)(H,26,27). The first-order valence-corrected chi connectivity index (χ1v) is 8.89. The van der Waals surface area contributed by atoms with Crippen LogP contribution in [-0.2, 0) is 7.05 Å². The van der Waals surface area contributed by atoms with Gasteiger partial charge in [-0.2, -0.15) is 5.10 Å². The van der Waals surface area contributed by atoms with Gasteiger partial charge in [0.15, 0.2) is 12.2 Å². The molecule has 1 aliphatic rings. The maximum atomic E-state index is 12.5. The van der Waals surface area contributed by atoms with Gasteiger partial charge in [0.05, 0.1) is 11.7 Å². The van der Waals surface area contributed by atoms with Crippen molar-refractivity contribution in [2.75, 3.05) is 23.7 Å². The third kappa shape index (κ3) is 4.66. The molecular formula is C18H23N5O5. The Morgan fingerprint density at radius 1 is 1.25 bits per heavy atom. The molecule has 5 N–H and O–H groups in total. The summed E-state index contributed by atoms with van der Waals surface area (Å²) < 4.78 is 1.37. The fraction of sp³-hybridized carbons (Fsp3) is 0.389. The van der Waals surface area contributed by atoms with Gasteiger partial charge in [0.1, 0.15) is 5.69 Å². The molecule has 1 aromatic carbocycles. The van der Waals surface area contributed by atoms with E-state index in [9.17, 15) is 19.8 Å². The zero-order valence-corrected chi connectivity index (χ0v) is 15.4. The monoisotopic (exact) mass is 389 g/mol. The van der Waals surface area contributed by atoms with Gasteiger partial charge in [-0.15, -0.1) is 0 Å². The molecule has 0 radical (unpaired) electrons. The summed E-state index contributed by atoms with van der Waals surface area (Å²) in [6.07, 6.45) is -0.146. The van der Waals surface area contributed by atoms with Crippen molar-refractivity contribution in [1.82, 2.24) is 14.7 Å². The van der Waals surface area contributed by atoms with E-state index in [1.807, 2.05) is 0 Å². The highest BCUT2D eigenvalue weighted by Gasteiger charge is 2.23. The minimum atomic E-state index is -1.08. The number of aryl methyl sites for hydroxylation is 1. The molecule has 1 amide bonds. The number of aromatic nitrogens is 2. The fourth-order valence-electron chi connectivity index (χ4n) is 3.03. The number of benzene rings is 1. The summed E-state index contributed by atoms with van der Waals surface area (Å²) in [6.45, 7) is 1.10. The Bertz CT molecular complexity index is 860. The first-order valence-electron chi connectivity index (χ1n) is 8.89. The molecule has 0 bridgehead atoms. The van der Waals surface area contributed by atoms with E-state index < -0.39 is 18.2 Å². The van der Waals surface area contributed by atoms with Crippen molar-refractivity contribution in [2.45, 2.75) is 25.3 Å². The Labute approximate surface area is 161 Å². The minimum absolute atomic E-state index is 0.0694. The van der Waals surface area contributed by atoms with E-state index in [4.69, 9.17) is 5.11 Å². The SMILES string of the molecule is Cn1nc(NC(O)N2CCC(O)CC2)cc1C(=O)Nc1cccc(C(=O)O)c1. The van der Waals surface area contributed by atoms with Crippen LogP contribution in [0.5, 0.6) is 0 Å². The third-order valence-electron chi connectivity index (χ3n) is 4.60. The van der Waals surface area contributed by atoms with Gasteiger partial charge < -0.3 is 26.0 Å². The summed E-state index contributed by atoms with van der Waals surface area (Å²) in [7, 11) is 1.59. The van der Waals surface area contributed by atoms with Gasteiger partial charge in [-0.25, -0.2) is 4.79 Å². The van der Waals surface area contributed by atoms with Crippen molar-refractivity contribution < 1.29 is 24.9 Å². The lowest BCUT2D eigenvalue weighted by atomic mass is 10.1. The Morgan fingerprint density at radius 2 is 1.96 bits per heavy atom. The number of aliphatic hydroxyl groups excluding tert-OH is 2. The van der Waals surface area contributed by atoms with E-state index in [0.29, 0.717) is 37.4 Å². The zero-order chi connectivity index (χ0) is 20.3. The lowest BCUT2D eigenvalue weighted by molar-refractivity contribution is -0.0161. The Morgan fingerprint density at radius 3 is 2.64 bits per heavy atom. The molecule has 28 heavy (non-hydrogen) atoms. The predicted molar refractivity (Wildman–Crippen MR) is 101 cm³/mol. The van der Waals surface area contributed by atoms with Crippen LogP contribution in [0.25, 0.3) is 0 Å². The number of rotatable bonds is 6.